The summed E-state index contributed by atoms with van der Waals surface area (Å²) in [5, 5.41) is 4.15. The smallest absolute Gasteiger partial charge is 0.231 e. The fourth-order valence-electron chi connectivity index (χ4n) is 4.46. The summed E-state index contributed by atoms with van der Waals surface area (Å²) in [5.41, 5.74) is 4.01. The highest BCUT2D eigenvalue weighted by Crippen LogP contribution is 2.44. The van der Waals surface area contributed by atoms with Gasteiger partial charge in [-0.1, -0.05) is 28.1 Å². The molecule has 0 amide bonds. The summed E-state index contributed by atoms with van der Waals surface area (Å²) >= 11 is 9.46. The number of benzene rings is 2. The van der Waals surface area contributed by atoms with E-state index in [9.17, 15) is 0 Å². The second kappa shape index (κ2) is 8.20. The van der Waals surface area contributed by atoms with Gasteiger partial charge in [0, 0.05) is 40.0 Å². The molecule has 8 heteroatoms. The summed E-state index contributed by atoms with van der Waals surface area (Å²) in [6, 6.07) is 24.1. The van der Waals surface area contributed by atoms with Crippen LogP contribution in [0, 0.1) is 0 Å². The van der Waals surface area contributed by atoms with Crippen molar-refractivity contribution in [1.82, 2.24) is 14.9 Å². The SMILES string of the molecule is S=C1N[C@H](c2ccccn2)[C@H](c2cccn2-c2cccc(Br)c2)N1c1ccc2c(c1)OCO2. The molecule has 2 aliphatic rings. The molecule has 0 bridgehead atoms. The van der Waals surface area contributed by atoms with Gasteiger partial charge in [0.25, 0.3) is 0 Å². The predicted octanol–water partition coefficient (Wildman–Crippen LogP) is 5.54. The summed E-state index contributed by atoms with van der Waals surface area (Å²) in [6.07, 6.45) is 3.89. The average molecular weight is 519 g/mol. The molecule has 0 unspecified atom stereocenters. The maximum atomic E-state index is 5.86. The molecule has 2 aliphatic heterocycles. The minimum absolute atomic E-state index is 0.134. The first-order chi connectivity index (χ1) is 16.2. The molecule has 0 spiro atoms. The van der Waals surface area contributed by atoms with E-state index in [0.717, 1.165) is 38.7 Å². The molecule has 6 nitrogen and oxygen atoms in total. The Kier molecular flexibility index (Phi) is 5.04. The molecule has 0 radical (unpaired) electrons. The van der Waals surface area contributed by atoms with Gasteiger partial charge in [0.15, 0.2) is 16.6 Å². The molecule has 164 valence electrons. The van der Waals surface area contributed by atoms with E-state index in [-0.39, 0.29) is 18.9 Å². The summed E-state index contributed by atoms with van der Waals surface area (Å²) in [4.78, 5) is 6.79. The van der Waals surface area contributed by atoms with Crippen molar-refractivity contribution in [3.63, 3.8) is 0 Å². The number of ether oxygens (including phenoxy) is 2. The lowest BCUT2D eigenvalue weighted by atomic mass is 10.0. The van der Waals surface area contributed by atoms with Gasteiger partial charge in [0.05, 0.1) is 11.7 Å². The number of anilines is 1. The third-order valence-corrected chi connectivity index (χ3v) is 6.71. The number of fused-ring (bicyclic) bond motifs is 1. The van der Waals surface area contributed by atoms with Gasteiger partial charge in [0.2, 0.25) is 6.79 Å². The molecule has 0 aliphatic carbocycles. The number of aromatic nitrogens is 2. The van der Waals surface area contributed by atoms with Crippen LogP contribution in [-0.4, -0.2) is 21.5 Å². The minimum Gasteiger partial charge on any atom is -0.454 e. The normalized spacial score (nSPS) is 19.1. The maximum absolute atomic E-state index is 5.86. The molecule has 2 aromatic heterocycles. The molecule has 4 aromatic rings. The quantitative estimate of drug-likeness (QED) is 0.358. The molecule has 0 saturated carbocycles. The Labute approximate surface area is 204 Å². The van der Waals surface area contributed by atoms with Gasteiger partial charge in [-0.3, -0.25) is 4.98 Å². The van der Waals surface area contributed by atoms with Crippen molar-refractivity contribution in [3.8, 4) is 17.2 Å². The molecule has 6 rings (SSSR count). The van der Waals surface area contributed by atoms with Crippen LogP contribution in [0.15, 0.2) is 89.7 Å². The number of thiocarbonyl (C=S) groups is 1. The monoisotopic (exact) mass is 518 g/mol. The zero-order valence-electron chi connectivity index (χ0n) is 17.4. The van der Waals surface area contributed by atoms with Crippen molar-refractivity contribution in [1.29, 1.82) is 0 Å². The molecule has 33 heavy (non-hydrogen) atoms. The highest BCUT2D eigenvalue weighted by molar-refractivity contribution is 9.10. The first-order valence-corrected chi connectivity index (χ1v) is 11.7. The fraction of sp³-hybridized carbons (Fsp3) is 0.120. The zero-order chi connectivity index (χ0) is 22.4. The van der Waals surface area contributed by atoms with E-state index < -0.39 is 0 Å². The van der Waals surface area contributed by atoms with Crippen LogP contribution in [0.1, 0.15) is 23.5 Å². The first-order valence-electron chi connectivity index (χ1n) is 10.5. The summed E-state index contributed by atoms with van der Waals surface area (Å²) in [6.45, 7) is 0.229. The molecular weight excluding hydrogens is 500 g/mol. The van der Waals surface area contributed by atoms with Crippen LogP contribution in [0.4, 0.5) is 5.69 Å². The third-order valence-electron chi connectivity index (χ3n) is 5.90. The number of rotatable bonds is 4. The van der Waals surface area contributed by atoms with E-state index in [4.69, 9.17) is 21.7 Å². The van der Waals surface area contributed by atoms with E-state index >= 15 is 0 Å². The molecule has 1 fully saturated rings. The van der Waals surface area contributed by atoms with Crippen LogP contribution in [0.25, 0.3) is 5.69 Å². The number of halogens is 1. The van der Waals surface area contributed by atoms with Gasteiger partial charge >= 0.3 is 0 Å². The Hall–Kier alpha value is -3.36. The lowest BCUT2D eigenvalue weighted by molar-refractivity contribution is 0.174. The molecule has 1 saturated heterocycles. The Balaban J connectivity index is 1.51. The van der Waals surface area contributed by atoms with Gasteiger partial charge in [-0.2, -0.15) is 0 Å². The molecule has 1 N–H and O–H groups in total. The van der Waals surface area contributed by atoms with Crippen molar-refractivity contribution in [3.05, 3.63) is 101 Å². The number of hydrogen-bond acceptors (Lipinski definition) is 4. The van der Waals surface area contributed by atoms with Gasteiger partial charge in [0.1, 0.15) is 6.04 Å². The fourth-order valence-corrected chi connectivity index (χ4v) is 5.20. The number of nitrogens with one attached hydrogen (secondary N) is 1. The van der Waals surface area contributed by atoms with Gasteiger partial charge in [-0.25, -0.2) is 0 Å². The van der Waals surface area contributed by atoms with Crippen LogP contribution in [0.5, 0.6) is 11.5 Å². The topological polar surface area (TPSA) is 51.6 Å². The molecular formula is C25H19BrN4O2S. The highest BCUT2D eigenvalue weighted by atomic mass is 79.9. The van der Waals surface area contributed by atoms with Crippen LogP contribution in [0.3, 0.4) is 0 Å². The first kappa shape index (κ1) is 20.3. The van der Waals surface area contributed by atoms with E-state index in [2.05, 4.69) is 66.2 Å². The third kappa shape index (κ3) is 3.55. The molecule has 4 heterocycles. The van der Waals surface area contributed by atoms with Gasteiger partial charge in [-0.15, -0.1) is 0 Å². The van der Waals surface area contributed by atoms with E-state index in [1.54, 1.807) is 0 Å². The van der Waals surface area contributed by atoms with Gasteiger partial charge < -0.3 is 24.3 Å². The van der Waals surface area contributed by atoms with E-state index in [0.29, 0.717) is 5.11 Å². The largest absolute Gasteiger partial charge is 0.454 e. The minimum atomic E-state index is -0.137. The lowest BCUT2D eigenvalue weighted by Gasteiger charge is -2.29. The number of nitrogens with zero attached hydrogens (tertiary/aromatic N) is 3. The number of hydrogen-bond donors (Lipinski definition) is 1. The van der Waals surface area contributed by atoms with Crippen LogP contribution in [-0.2, 0) is 0 Å². The van der Waals surface area contributed by atoms with Crippen LogP contribution < -0.4 is 19.7 Å². The van der Waals surface area contributed by atoms with Crippen molar-refractivity contribution in [2.24, 2.45) is 0 Å². The second-order valence-corrected chi connectivity index (χ2v) is 9.12. The lowest BCUT2D eigenvalue weighted by Crippen LogP contribution is -2.30. The summed E-state index contributed by atoms with van der Waals surface area (Å²) < 4.78 is 14.4. The van der Waals surface area contributed by atoms with E-state index in [1.165, 1.54) is 0 Å². The van der Waals surface area contributed by atoms with Crippen molar-refractivity contribution < 1.29 is 9.47 Å². The average Bonchev–Trinajstić information content (AvgIpc) is 3.57. The van der Waals surface area contributed by atoms with Crippen molar-refractivity contribution in [2.75, 3.05) is 11.7 Å². The predicted molar refractivity (Wildman–Crippen MR) is 134 cm³/mol. The summed E-state index contributed by atoms with van der Waals surface area (Å²) in [5.74, 6) is 1.46. The van der Waals surface area contributed by atoms with Crippen molar-refractivity contribution >= 4 is 38.9 Å². The standard InChI is InChI=1S/C25H19BrN4O2S/c26-16-5-3-6-17(13-16)29-12-4-8-20(29)24-23(19-7-1-2-11-27-19)28-25(33)30(24)18-9-10-21-22(14-18)32-15-31-21/h1-14,23-24H,15H2,(H,28,33)/t23-,24+/m1/s1. The maximum Gasteiger partial charge on any atom is 0.231 e. The Morgan fingerprint density at radius 2 is 1.85 bits per heavy atom. The zero-order valence-corrected chi connectivity index (χ0v) is 19.8. The Morgan fingerprint density at radius 1 is 0.939 bits per heavy atom. The van der Waals surface area contributed by atoms with Gasteiger partial charge in [-0.05, 0) is 66.8 Å². The van der Waals surface area contributed by atoms with E-state index in [1.807, 2.05) is 54.7 Å². The highest BCUT2D eigenvalue weighted by Gasteiger charge is 2.42. The molecule has 2 atom stereocenters. The Bertz CT molecular complexity index is 1340. The van der Waals surface area contributed by atoms with Crippen LogP contribution >= 0.6 is 28.1 Å². The Morgan fingerprint density at radius 3 is 2.70 bits per heavy atom. The number of pyridine rings is 1. The van der Waals surface area contributed by atoms with Crippen LogP contribution in [0.2, 0.25) is 0 Å². The second-order valence-electron chi connectivity index (χ2n) is 7.82. The van der Waals surface area contributed by atoms with Crippen molar-refractivity contribution in [2.45, 2.75) is 12.1 Å². The molecule has 2 aromatic carbocycles. The summed E-state index contributed by atoms with van der Waals surface area (Å²) in [7, 11) is 0.